The molecular formula is C26H36O4S2Si. The molecule has 2 atom stereocenters. The van der Waals surface area contributed by atoms with Gasteiger partial charge in [0.15, 0.2) is 6.29 Å². The van der Waals surface area contributed by atoms with E-state index in [0.717, 1.165) is 0 Å². The Balaban J connectivity index is 2.11. The molecule has 1 aliphatic rings. The zero-order valence-electron chi connectivity index (χ0n) is 20.3. The highest BCUT2D eigenvalue weighted by atomic mass is 32.2. The zero-order chi connectivity index (χ0) is 23.9. The van der Waals surface area contributed by atoms with E-state index in [-0.39, 0.29) is 22.7 Å². The molecule has 0 amide bonds. The minimum Gasteiger partial charge on any atom is -0.477 e. The van der Waals surface area contributed by atoms with Crippen molar-refractivity contribution in [3.63, 3.8) is 0 Å². The maximum absolute atomic E-state index is 7.45. The molecule has 2 aromatic carbocycles. The molecule has 7 heteroatoms. The molecule has 0 aromatic heterocycles. The molecule has 1 unspecified atom stereocenters. The molecule has 0 spiro atoms. The summed E-state index contributed by atoms with van der Waals surface area (Å²) in [6, 6.07) is 21.4. The maximum atomic E-state index is 7.45. The molecule has 1 fully saturated rings. The Bertz CT molecular complexity index is 827. The molecule has 180 valence electrons. The van der Waals surface area contributed by atoms with Gasteiger partial charge in [-0.1, -0.05) is 93.2 Å². The van der Waals surface area contributed by atoms with Gasteiger partial charge in [0, 0.05) is 19.6 Å². The second-order valence-electron chi connectivity index (χ2n) is 9.11. The summed E-state index contributed by atoms with van der Waals surface area (Å²) in [6.45, 7) is 12.6. The van der Waals surface area contributed by atoms with Crippen LogP contribution in [0.2, 0.25) is 5.04 Å². The standard InChI is InChI=1S/C26H36O4S2Si/c1-6-27-24(28-7-2)18-22(23-19-29-25(31)32-23)30-33(26(3,4)5,20-14-10-8-11-15-20)21-16-12-9-13-17-21/h8-17,22-24H,6-7,18-19H2,1-5H3/t22-,23?/m0/s1. The summed E-state index contributed by atoms with van der Waals surface area (Å²) in [6.07, 6.45) is 0.137. The van der Waals surface area contributed by atoms with Crippen LogP contribution in [0.3, 0.4) is 0 Å². The van der Waals surface area contributed by atoms with E-state index < -0.39 is 8.32 Å². The summed E-state index contributed by atoms with van der Waals surface area (Å²) in [7, 11) is -2.74. The van der Waals surface area contributed by atoms with Crippen LogP contribution in [-0.4, -0.2) is 50.2 Å². The highest BCUT2D eigenvalue weighted by molar-refractivity contribution is 8.23. The van der Waals surface area contributed by atoms with Gasteiger partial charge >= 0.3 is 0 Å². The predicted octanol–water partition coefficient (Wildman–Crippen LogP) is 5.14. The van der Waals surface area contributed by atoms with Gasteiger partial charge in [0.25, 0.3) is 8.32 Å². The van der Waals surface area contributed by atoms with Gasteiger partial charge in [-0.2, -0.15) is 0 Å². The molecule has 0 bridgehead atoms. The van der Waals surface area contributed by atoms with Gasteiger partial charge in [-0.3, -0.25) is 0 Å². The van der Waals surface area contributed by atoms with Gasteiger partial charge < -0.3 is 18.6 Å². The first kappa shape index (κ1) is 26.4. The van der Waals surface area contributed by atoms with E-state index in [1.807, 2.05) is 13.8 Å². The van der Waals surface area contributed by atoms with Gasteiger partial charge in [0.05, 0.1) is 11.4 Å². The number of thiocarbonyl (C=S) groups is 1. The highest BCUT2D eigenvalue weighted by Crippen LogP contribution is 2.40. The summed E-state index contributed by atoms with van der Waals surface area (Å²) in [5.41, 5.74) is 0. The normalized spacial score (nSPS) is 17.9. The predicted molar refractivity (Wildman–Crippen MR) is 144 cm³/mol. The van der Waals surface area contributed by atoms with Crippen LogP contribution in [0.4, 0.5) is 0 Å². The number of thioether (sulfide) groups is 1. The van der Waals surface area contributed by atoms with Crippen molar-refractivity contribution in [1.82, 2.24) is 0 Å². The van der Waals surface area contributed by atoms with Crippen LogP contribution in [0.5, 0.6) is 0 Å². The van der Waals surface area contributed by atoms with Crippen LogP contribution in [0.15, 0.2) is 60.7 Å². The molecule has 0 N–H and O–H groups in total. The second-order valence-corrected chi connectivity index (χ2v) is 15.2. The molecular weight excluding hydrogens is 469 g/mol. The Labute approximate surface area is 209 Å². The fraction of sp³-hybridized carbons (Fsp3) is 0.500. The van der Waals surface area contributed by atoms with Gasteiger partial charge in [0.1, 0.15) is 6.61 Å². The Hall–Kier alpha value is -1.22. The number of hydrogen-bond acceptors (Lipinski definition) is 6. The van der Waals surface area contributed by atoms with Crippen molar-refractivity contribution in [2.75, 3.05) is 19.8 Å². The Kier molecular flexibility index (Phi) is 9.56. The molecule has 1 heterocycles. The van der Waals surface area contributed by atoms with E-state index in [9.17, 15) is 0 Å². The molecule has 0 aliphatic carbocycles. The Morgan fingerprint density at radius 1 is 0.970 bits per heavy atom. The molecule has 2 aromatic rings. The van der Waals surface area contributed by atoms with Gasteiger partial charge in [-0.25, -0.2) is 0 Å². The van der Waals surface area contributed by atoms with Crippen molar-refractivity contribution < 1.29 is 18.6 Å². The van der Waals surface area contributed by atoms with Crippen molar-refractivity contribution >= 4 is 47.1 Å². The summed E-state index contributed by atoms with van der Waals surface area (Å²) in [4.78, 5) is 0. The van der Waals surface area contributed by atoms with Gasteiger partial charge in [-0.15, -0.1) is 0 Å². The molecule has 33 heavy (non-hydrogen) atoms. The van der Waals surface area contributed by atoms with E-state index in [4.69, 9.17) is 30.9 Å². The highest BCUT2D eigenvalue weighted by Gasteiger charge is 2.53. The first-order valence-corrected chi connectivity index (χ1v) is 14.9. The second kappa shape index (κ2) is 12.0. The lowest BCUT2D eigenvalue weighted by molar-refractivity contribution is -0.151. The third kappa shape index (κ3) is 6.27. The lowest BCUT2D eigenvalue weighted by atomic mass is 10.2. The number of ether oxygens (including phenoxy) is 3. The summed E-state index contributed by atoms with van der Waals surface area (Å²) >= 11 is 6.96. The fourth-order valence-electron chi connectivity index (χ4n) is 4.46. The zero-order valence-corrected chi connectivity index (χ0v) is 22.9. The molecule has 1 saturated heterocycles. The molecule has 0 radical (unpaired) electrons. The van der Waals surface area contributed by atoms with Crippen molar-refractivity contribution in [3.05, 3.63) is 60.7 Å². The van der Waals surface area contributed by atoms with Crippen molar-refractivity contribution in [2.45, 2.75) is 63.7 Å². The molecule has 4 nitrogen and oxygen atoms in total. The Morgan fingerprint density at radius 3 is 1.88 bits per heavy atom. The van der Waals surface area contributed by atoms with Crippen molar-refractivity contribution in [2.24, 2.45) is 0 Å². The van der Waals surface area contributed by atoms with E-state index in [1.54, 1.807) is 11.8 Å². The summed E-state index contributed by atoms with van der Waals surface area (Å²) in [5.74, 6) is 0. The summed E-state index contributed by atoms with van der Waals surface area (Å²) in [5, 5.41) is 2.47. The van der Waals surface area contributed by atoms with Crippen LogP contribution < -0.4 is 10.4 Å². The quantitative estimate of drug-likeness (QED) is 0.240. The van der Waals surface area contributed by atoms with Crippen LogP contribution in [0, 0.1) is 0 Å². The monoisotopic (exact) mass is 504 g/mol. The van der Waals surface area contributed by atoms with Crippen LogP contribution in [0.25, 0.3) is 0 Å². The van der Waals surface area contributed by atoms with Gasteiger partial charge in [-0.05, 0) is 41.5 Å². The van der Waals surface area contributed by atoms with Crippen LogP contribution in [0.1, 0.15) is 41.0 Å². The first-order valence-electron chi connectivity index (χ1n) is 11.7. The van der Waals surface area contributed by atoms with E-state index in [1.165, 1.54) is 10.4 Å². The smallest absolute Gasteiger partial charge is 0.261 e. The molecule has 0 saturated carbocycles. The number of benzene rings is 2. The fourth-order valence-corrected chi connectivity index (χ4v) is 10.6. The lowest BCUT2D eigenvalue weighted by Gasteiger charge is -2.46. The topological polar surface area (TPSA) is 36.9 Å². The van der Waals surface area contributed by atoms with E-state index >= 15 is 0 Å². The van der Waals surface area contributed by atoms with E-state index in [2.05, 4.69) is 81.4 Å². The largest absolute Gasteiger partial charge is 0.477 e. The Morgan fingerprint density at radius 2 is 1.48 bits per heavy atom. The third-order valence-corrected chi connectivity index (χ3v) is 12.4. The minimum atomic E-state index is -2.74. The third-order valence-electron chi connectivity index (χ3n) is 5.90. The summed E-state index contributed by atoms with van der Waals surface area (Å²) < 4.78 is 25.6. The first-order chi connectivity index (χ1) is 15.8. The van der Waals surface area contributed by atoms with Gasteiger partial charge in [0.2, 0.25) is 4.38 Å². The number of hydrogen-bond donors (Lipinski definition) is 0. The lowest BCUT2D eigenvalue weighted by Crippen LogP contribution is -2.68. The average Bonchev–Trinajstić information content (AvgIpc) is 3.23. The average molecular weight is 505 g/mol. The maximum Gasteiger partial charge on any atom is 0.261 e. The molecule has 1 aliphatic heterocycles. The van der Waals surface area contributed by atoms with Crippen molar-refractivity contribution in [1.29, 1.82) is 0 Å². The molecule has 3 rings (SSSR count). The SMILES string of the molecule is CCOC(C[C@H](O[Si](c1ccccc1)(c1ccccc1)C(C)(C)C)C1COC(=S)S1)OCC. The van der Waals surface area contributed by atoms with Crippen LogP contribution >= 0.6 is 24.0 Å². The number of rotatable bonds is 11. The van der Waals surface area contributed by atoms with E-state index in [0.29, 0.717) is 30.6 Å². The minimum absolute atomic E-state index is 0.0857. The van der Waals surface area contributed by atoms with Crippen LogP contribution in [-0.2, 0) is 18.6 Å². The van der Waals surface area contributed by atoms with Crippen molar-refractivity contribution in [3.8, 4) is 0 Å².